The van der Waals surface area contributed by atoms with Crippen molar-refractivity contribution in [3.05, 3.63) is 66.2 Å². The molecule has 1 heterocycles. The van der Waals surface area contributed by atoms with Gasteiger partial charge in [-0.3, -0.25) is 0 Å². The summed E-state index contributed by atoms with van der Waals surface area (Å²) < 4.78 is 15.5. The number of nitrogens with one attached hydrogen (secondary N) is 3. The highest BCUT2D eigenvalue weighted by Gasteiger charge is 2.09. The molecule has 0 aliphatic carbocycles. The van der Waals surface area contributed by atoms with E-state index in [1.807, 2.05) is 31.2 Å². The third-order valence-electron chi connectivity index (χ3n) is 4.62. The first kappa shape index (κ1) is 24.3. The number of carbonyl (C=O) groups is 2. The number of hydrogen-bond donors (Lipinski definition) is 3. The van der Waals surface area contributed by atoms with Crippen molar-refractivity contribution in [2.24, 2.45) is 0 Å². The Bertz CT molecular complexity index is 1140. The van der Waals surface area contributed by atoms with Crippen molar-refractivity contribution in [1.82, 2.24) is 10.3 Å². The topological polar surface area (TPSA) is 139 Å². The van der Waals surface area contributed by atoms with E-state index in [1.165, 1.54) is 6.39 Å². The van der Waals surface area contributed by atoms with E-state index >= 15 is 0 Å². The van der Waals surface area contributed by atoms with E-state index in [9.17, 15) is 9.59 Å². The summed E-state index contributed by atoms with van der Waals surface area (Å²) in [6.45, 7) is 2.78. The van der Waals surface area contributed by atoms with Gasteiger partial charge < -0.3 is 29.8 Å². The lowest BCUT2D eigenvalue weighted by molar-refractivity contribution is 0.0751. The number of amides is 3. The number of oxazole rings is 1. The van der Waals surface area contributed by atoms with Crippen molar-refractivity contribution in [3.63, 3.8) is 0 Å². The summed E-state index contributed by atoms with van der Waals surface area (Å²) in [5.41, 5.74) is 3.82. The summed E-state index contributed by atoms with van der Waals surface area (Å²) in [4.78, 5) is 28.1. The number of urea groups is 1. The fraction of sp³-hybridized carbons (Fsp3) is 0.250. The number of anilines is 2. The Balaban J connectivity index is 1.45. The Hall–Kier alpha value is -4.36. The van der Waals surface area contributed by atoms with Crippen LogP contribution in [-0.4, -0.2) is 36.9 Å². The van der Waals surface area contributed by atoms with Gasteiger partial charge in [-0.15, -0.1) is 0 Å². The molecule has 10 nitrogen and oxygen atoms in total. The van der Waals surface area contributed by atoms with Gasteiger partial charge in [0, 0.05) is 23.5 Å². The number of alkyl carbamates (subject to hydrolysis) is 1. The molecule has 0 aliphatic rings. The molecular weight excluding hydrogens is 438 g/mol. The van der Waals surface area contributed by atoms with Crippen LogP contribution in [0.1, 0.15) is 17.5 Å². The van der Waals surface area contributed by atoms with Crippen LogP contribution < -0.4 is 16.0 Å². The van der Waals surface area contributed by atoms with Gasteiger partial charge in [-0.1, -0.05) is 12.1 Å². The summed E-state index contributed by atoms with van der Waals surface area (Å²) in [5.74, 6) is 0.659. The van der Waals surface area contributed by atoms with Crippen molar-refractivity contribution in [2.45, 2.75) is 19.9 Å². The highest BCUT2D eigenvalue weighted by Crippen LogP contribution is 2.25. The standard InChI is InChI=1S/C24H25N5O5/c1-17-12-20(6-7-21(17)22-15-26-16-34-22)29-23(30)28-19-5-2-4-18(13-19)14-27-24(31)33-11-10-32-9-3-8-25/h2,4-7,12-13,15-16H,3,9-11,14H2,1H3,(H,27,31)(H2,28,29,30). The molecule has 0 atom stereocenters. The van der Waals surface area contributed by atoms with E-state index < -0.39 is 12.1 Å². The van der Waals surface area contributed by atoms with Gasteiger partial charge in [0.15, 0.2) is 12.2 Å². The van der Waals surface area contributed by atoms with Crippen molar-refractivity contribution in [2.75, 3.05) is 30.5 Å². The molecular formula is C24H25N5O5. The van der Waals surface area contributed by atoms with Gasteiger partial charge in [-0.25, -0.2) is 14.6 Å². The van der Waals surface area contributed by atoms with Crippen molar-refractivity contribution >= 4 is 23.5 Å². The van der Waals surface area contributed by atoms with Gasteiger partial charge in [-0.05, 0) is 48.4 Å². The third kappa shape index (κ3) is 7.65. The molecule has 2 aromatic carbocycles. The predicted octanol–water partition coefficient (Wildman–Crippen LogP) is 4.45. The molecule has 0 unspecified atom stereocenters. The SMILES string of the molecule is Cc1cc(NC(=O)Nc2cccc(CNC(=O)OCCOCCC#N)c2)ccc1-c1cnco1. The Morgan fingerprint density at radius 2 is 1.91 bits per heavy atom. The zero-order chi connectivity index (χ0) is 24.2. The van der Waals surface area contributed by atoms with Crippen LogP contribution in [0.3, 0.4) is 0 Å². The minimum absolute atomic E-state index is 0.0951. The number of rotatable bonds is 10. The van der Waals surface area contributed by atoms with Crippen molar-refractivity contribution in [1.29, 1.82) is 5.26 Å². The molecule has 3 amide bonds. The van der Waals surface area contributed by atoms with E-state index in [0.29, 0.717) is 30.2 Å². The molecule has 0 bridgehead atoms. The molecule has 34 heavy (non-hydrogen) atoms. The molecule has 3 rings (SSSR count). The maximum Gasteiger partial charge on any atom is 0.407 e. The number of hydrogen-bond acceptors (Lipinski definition) is 7. The molecule has 0 spiro atoms. The highest BCUT2D eigenvalue weighted by atomic mass is 16.6. The van der Waals surface area contributed by atoms with Crippen molar-refractivity contribution < 1.29 is 23.5 Å². The van der Waals surface area contributed by atoms with Gasteiger partial charge in [0.2, 0.25) is 0 Å². The Morgan fingerprint density at radius 1 is 1.09 bits per heavy atom. The second-order valence-corrected chi connectivity index (χ2v) is 7.18. The summed E-state index contributed by atoms with van der Waals surface area (Å²) in [7, 11) is 0. The first-order valence-corrected chi connectivity index (χ1v) is 10.6. The van der Waals surface area contributed by atoms with Gasteiger partial charge in [0.25, 0.3) is 0 Å². The zero-order valence-corrected chi connectivity index (χ0v) is 18.7. The minimum Gasteiger partial charge on any atom is -0.447 e. The average Bonchev–Trinajstić information content (AvgIpc) is 3.35. The van der Waals surface area contributed by atoms with Crippen LogP contribution in [0.25, 0.3) is 11.3 Å². The first-order valence-electron chi connectivity index (χ1n) is 10.6. The molecule has 0 radical (unpaired) electrons. The molecule has 1 aromatic heterocycles. The summed E-state index contributed by atoms with van der Waals surface area (Å²) in [6, 6.07) is 14.1. The molecule has 3 N–H and O–H groups in total. The molecule has 176 valence electrons. The van der Waals surface area contributed by atoms with E-state index in [4.69, 9.17) is 19.2 Å². The summed E-state index contributed by atoms with van der Waals surface area (Å²) >= 11 is 0. The van der Waals surface area contributed by atoms with E-state index in [0.717, 1.165) is 16.7 Å². The number of nitrogens with zero attached hydrogens (tertiary/aromatic N) is 2. The molecule has 0 saturated carbocycles. The molecule has 0 saturated heterocycles. The van der Waals surface area contributed by atoms with Crippen LogP contribution in [0.15, 0.2) is 59.5 Å². The fourth-order valence-electron chi connectivity index (χ4n) is 3.06. The number of nitriles is 1. The van der Waals surface area contributed by atoms with Crippen molar-refractivity contribution in [3.8, 4) is 17.4 Å². The Labute approximate surface area is 196 Å². The Kier molecular flexibility index (Phi) is 9.01. The maximum absolute atomic E-state index is 12.4. The van der Waals surface area contributed by atoms with Gasteiger partial charge in [0.1, 0.15) is 6.61 Å². The molecule has 10 heteroatoms. The number of aromatic nitrogens is 1. The van der Waals surface area contributed by atoms with E-state index in [2.05, 4.69) is 20.9 Å². The summed E-state index contributed by atoms with van der Waals surface area (Å²) in [5, 5.41) is 16.6. The van der Waals surface area contributed by atoms with Crippen LogP contribution >= 0.6 is 0 Å². The Morgan fingerprint density at radius 3 is 2.65 bits per heavy atom. The van der Waals surface area contributed by atoms with Crippen LogP contribution in [0, 0.1) is 18.3 Å². The molecule has 0 fully saturated rings. The van der Waals surface area contributed by atoms with Crippen LogP contribution in [0.2, 0.25) is 0 Å². The second-order valence-electron chi connectivity index (χ2n) is 7.18. The normalized spacial score (nSPS) is 10.2. The number of aryl methyl sites for hydroxylation is 1. The van der Waals surface area contributed by atoms with E-state index in [1.54, 1.807) is 30.5 Å². The van der Waals surface area contributed by atoms with Crippen LogP contribution in [0.5, 0.6) is 0 Å². The lowest BCUT2D eigenvalue weighted by Crippen LogP contribution is -2.25. The fourth-order valence-corrected chi connectivity index (χ4v) is 3.06. The molecule has 0 aliphatic heterocycles. The van der Waals surface area contributed by atoms with Gasteiger partial charge >= 0.3 is 12.1 Å². The first-order chi connectivity index (χ1) is 16.5. The lowest BCUT2D eigenvalue weighted by atomic mass is 10.1. The summed E-state index contributed by atoms with van der Waals surface area (Å²) in [6.07, 6.45) is 2.72. The minimum atomic E-state index is -0.580. The predicted molar refractivity (Wildman–Crippen MR) is 125 cm³/mol. The molecule has 3 aromatic rings. The smallest absolute Gasteiger partial charge is 0.407 e. The largest absolute Gasteiger partial charge is 0.447 e. The maximum atomic E-state index is 12.4. The third-order valence-corrected chi connectivity index (χ3v) is 4.62. The van der Waals surface area contributed by atoms with Crippen LogP contribution in [0.4, 0.5) is 21.0 Å². The zero-order valence-electron chi connectivity index (χ0n) is 18.7. The number of carbonyl (C=O) groups excluding carboxylic acids is 2. The lowest BCUT2D eigenvalue weighted by Gasteiger charge is -2.11. The second kappa shape index (κ2) is 12.6. The number of benzene rings is 2. The quantitative estimate of drug-likeness (QED) is 0.378. The van der Waals surface area contributed by atoms with E-state index in [-0.39, 0.29) is 19.8 Å². The average molecular weight is 463 g/mol. The number of ether oxygens (including phenoxy) is 2. The van der Waals surface area contributed by atoms with Gasteiger partial charge in [-0.2, -0.15) is 5.26 Å². The van der Waals surface area contributed by atoms with Gasteiger partial charge in [0.05, 0.1) is 31.9 Å². The highest BCUT2D eigenvalue weighted by molar-refractivity contribution is 6.00. The van der Waals surface area contributed by atoms with Crippen LogP contribution in [-0.2, 0) is 16.0 Å². The monoisotopic (exact) mass is 463 g/mol.